The van der Waals surface area contributed by atoms with Gasteiger partial charge < -0.3 is 4.74 Å². The van der Waals surface area contributed by atoms with Crippen LogP contribution in [0.4, 0.5) is 0 Å². The highest BCUT2D eigenvalue weighted by molar-refractivity contribution is 7.99. The first-order valence-corrected chi connectivity index (χ1v) is 6.46. The lowest BCUT2D eigenvalue weighted by atomic mass is 10.1. The number of methoxy groups -OCH3 is 1. The van der Waals surface area contributed by atoms with Gasteiger partial charge in [-0.05, 0) is 20.8 Å². The molecule has 0 N–H and O–H groups in total. The Labute approximate surface area is 106 Å². The van der Waals surface area contributed by atoms with E-state index in [1.807, 2.05) is 11.6 Å². The maximum Gasteiger partial charge on any atom is 0.309 e. The molecule has 1 rings (SSSR count). The first kappa shape index (κ1) is 14.0. The molecule has 96 valence electrons. The minimum Gasteiger partial charge on any atom is -0.469 e. The Morgan fingerprint density at radius 2 is 2.24 bits per heavy atom. The third-order valence-corrected chi connectivity index (χ3v) is 3.42. The standard InChI is InChI=1S/C11H19N3O2S/c1-8(9(15)16-5)6-17-10-12-7-13-14(10)11(2,3)4/h7-8H,6H2,1-5H3. The van der Waals surface area contributed by atoms with E-state index < -0.39 is 0 Å². The normalized spacial score (nSPS) is 13.5. The molecule has 0 aromatic carbocycles. The van der Waals surface area contributed by atoms with Crippen molar-refractivity contribution in [1.82, 2.24) is 14.8 Å². The molecule has 0 radical (unpaired) electrons. The van der Waals surface area contributed by atoms with Crippen molar-refractivity contribution in [2.45, 2.75) is 38.4 Å². The summed E-state index contributed by atoms with van der Waals surface area (Å²) >= 11 is 1.52. The van der Waals surface area contributed by atoms with Crippen LogP contribution >= 0.6 is 11.8 Å². The summed E-state index contributed by atoms with van der Waals surface area (Å²) in [7, 11) is 1.40. The maximum absolute atomic E-state index is 11.3. The van der Waals surface area contributed by atoms with Gasteiger partial charge in [0.05, 0.1) is 18.6 Å². The van der Waals surface area contributed by atoms with Crippen LogP contribution in [0.25, 0.3) is 0 Å². The second-order valence-corrected chi connectivity index (χ2v) is 5.85. The number of carbonyl (C=O) groups excluding carboxylic acids is 1. The summed E-state index contributed by atoms with van der Waals surface area (Å²) in [6, 6.07) is 0. The van der Waals surface area contributed by atoms with Gasteiger partial charge in [-0.25, -0.2) is 9.67 Å². The summed E-state index contributed by atoms with van der Waals surface area (Å²) in [6.07, 6.45) is 1.54. The summed E-state index contributed by atoms with van der Waals surface area (Å²) in [5.74, 6) is 0.302. The lowest BCUT2D eigenvalue weighted by Gasteiger charge is -2.21. The van der Waals surface area contributed by atoms with Crippen molar-refractivity contribution < 1.29 is 9.53 Å². The molecular formula is C11H19N3O2S. The van der Waals surface area contributed by atoms with Crippen LogP contribution in [0, 0.1) is 5.92 Å². The van der Waals surface area contributed by atoms with Gasteiger partial charge >= 0.3 is 5.97 Å². The van der Waals surface area contributed by atoms with E-state index in [0.29, 0.717) is 5.75 Å². The second-order valence-electron chi connectivity index (χ2n) is 4.86. The summed E-state index contributed by atoms with van der Waals surface area (Å²) in [4.78, 5) is 15.5. The number of rotatable bonds is 4. The molecule has 1 unspecified atom stereocenters. The lowest BCUT2D eigenvalue weighted by Crippen LogP contribution is -2.24. The average Bonchev–Trinajstić information content (AvgIpc) is 2.72. The predicted molar refractivity (Wildman–Crippen MR) is 66.9 cm³/mol. The zero-order chi connectivity index (χ0) is 13.1. The molecule has 1 atom stereocenters. The van der Waals surface area contributed by atoms with Crippen molar-refractivity contribution in [2.75, 3.05) is 12.9 Å². The van der Waals surface area contributed by atoms with E-state index in [9.17, 15) is 4.79 Å². The molecule has 17 heavy (non-hydrogen) atoms. The fourth-order valence-electron chi connectivity index (χ4n) is 1.26. The van der Waals surface area contributed by atoms with E-state index in [2.05, 4.69) is 35.6 Å². The first-order valence-electron chi connectivity index (χ1n) is 5.47. The molecule has 5 nitrogen and oxygen atoms in total. The summed E-state index contributed by atoms with van der Waals surface area (Å²) in [6.45, 7) is 8.04. The van der Waals surface area contributed by atoms with Gasteiger partial charge in [0.15, 0.2) is 5.16 Å². The minimum absolute atomic E-state index is 0.104. The zero-order valence-corrected chi connectivity index (χ0v) is 11.7. The number of ether oxygens (including phenoxy) is 1. The Morgan fingerprint density at radius 3 is 2.76 bits per heavy atom. The number of hydrogen-bond donors (Lipinski definition) is 0. The highest BCUT2D eigenvalue weighted by Crippen LogP contribution is 2.23. The predicted octanol–water partition coefficient (Wildman–Crippen LogP) is 1.93. The van der Waals surface area contributed by atoms with Crippen LogP contribution in [0.5, 0.6) is 0 Å². The molecule has 1 heterocycles. The zero-order valence-electron chi connectivity index (χ0n) is 10.9. The van der Waals surface area contributed by atoms with Crippen LogP contribution in [-0.2, 0) is 15.1 Å². The van der Waals surface area contributed by atoms with Crippen LogP contribution < -0.4 is 0 Å². The number of esters is 1. The van der Waals surface area contributed by atoms with Gasteiger partial charge in [0.25, 0.3) is 0 Å². The van der Waals surface area contributed by atoms with E-state index in [-0.39, 0.29) is 17.4 Å². The summed E-state index contributed by atoms with van der Waals surface area (Å²) in [5, 5.41) is 5.03. The molecule has 0 bridgehead atoms. The van der Waals surface area contributed by atoms with Gasteiger partial charge in [0.1, 0.15) is 6.33 Å². The van der Waals surface area contributed by atoms with E-state index in [4.69, 9.17) is 0 Å². The summed E-state index contributed by atoms with van der Waals surface area (Å²) in [5.41, 5.74) is -0.104. The smallest absolute Gasteiger partial charge is 0.309 e. The third kappa shape index (κ3) is 3.73. The average molecular weight is 257 g/mol. The van der Waals surface area contributed by atoms with E-state index >= 15 is 0 Å². The molecule has 1 aromatic heterocycles. The van der Waals surface area contributed by atoms with Crippen molar-refractivity contribution in [3.8, 4) is 0 Å². The molecule has 0 aliphatic carbocycles. The Kier molecular flexibility index (Phi) is 4.56. The number of thioether (sulfide) groups is 1. The highest BCUT2D eigenvalue weighted by Gasteiger charge is 2.20. The van der Waals surface area contributed by atoms with E-state index in [0.717, 1.165) is 5.16 Å². The molecule has 0 saturated heterocycles. The Morgan fingerprint density at radius 1 is 1.59 bits per heavy atom. The van der Waals surface area contributed by atoms with Gasteiger partial charge in [-0.1, -0.05) is 18.7 Å². The fourth-order valence-corrected chi connectivity index (χ4v) is 2.36. The highest BCUT2D eigenvalue weighted by atomic mass is 32.2. The van der Waals surface area contributed by atoms with Gasteiger partial charge in [-0.2, -0.15) is 5.10 Å². The number of hydrogen-bond acceptors (Lipinski definition) is 5. The molecule has 0 aliphatic rings. The van der Waals surface area contributed by atoms with Crippen LogP contribution in [-0.4, -0.2) is 33.6 Å². The van der Waals surface area contributed by atoms with Gasteiger partial charge in [0.2, 0.25) is 0 Å². The van der Waals surface area contributed by atoms with E-state index in [1.54, 1.807) is 0 Å². The monoisotopic (exact) mass is 257 g/mol. The molecule has 0 aliphatic heterocycles. The topological polar surface area (TPSA) is 57.0 Å². The Hall–Kier alpha value is -1.04. The lowest BCUT2D eigenvalue weighted by molar-refractivity contribution is -0.143. The molecule has 6 heteroatoms. The van der Waals surface area contributed by atoms with E-state index in [1.165, 1.54) is 25.2 Å². The van der Waals surface area contributed by atoms with Crippen molar-refractivity contribution >= 4 is 17.7 Å². The Balaban J connectivity index is 2.65. The fraction of sp³-hybridized carbons (Fsp3) is 0.727. The Bertz CT molecular complexity index is 384. The van der Waals surface area contributed by atoms with Crippen molar-refractivity contribution in [3.05, 3.63) is 6.33 Å². The largest absolute Gasteiger partial charge is 0.469 e. The van der Waals surface area contributed by atoms with Crippen LogP contribution in [0.2, 0.25) is 0 Å². The summed E-state index contributed by atoms with van der Waals surface area (Å²) < 4.78 is 6.55. The molecule has 0 saturated carbocycles. The number of nitrogens with zero attached hydrogens (tertiary/aromatic N) is 3. The molecule has 0 amide bonds. The number of aromatic nitrogens is 3. The SMILES string of the molecule is COC(=O)C(C)CSc1ncnn1C(C)(C)C. The van der Waals surface area contributed by atoms with Gasteiger partial charge in [-0.15, -0.1) is 0 Å². The number of carbonyl (C=O) groups is 1. The first-order chi connectivity index (χ1) is 7.86. The van der Waals surface area contributed by atoms with Gasteiger partial charge in [-0.3, -0.25) is 4.79 Å². The minimum atomic E-state index is -0.195. The van der Waals surface area contributed by atoms with Crippen molar-refractivity contribution in [3.63, 3.8) is 0 Å². The van der Waals surface area contributed by atoms with Crippen LogP contribution in [0.1, 0.15) is 27.7 Å². The van der Waals surface area contributed by atoms with Gasteiger partial charge in [0, 0.05) is 5.75 Å². The second kappa shape index (κ2) is 5.53. The van der Waals surface area contributed by atoms with Crippen molar-refractivity contribution in [1.29, 1.82) is 0 Å². The third-order valence-electron chi connectivity index (χ3n) is 2.22. The quantitative estimate of drug-likeness (QED) is 0.609. The maximum atomic E-state index is 11.3. The molecule has 1 aromatic rings. The molecule has 0 spiro atoms. The molecular weight excluding hydrogens is 238 g/mol. The van der Waals surface area contributed by atoms with Crippen LogP contribution in [0.3, 0.4) is 0 Å². The van der Waals surface area contributed by atoms with Crippen LogP contribution in [0.15, 0.2) is 11.5 Å². The molecule has 0 fully saturated rings. The van der Waals surface area contributed by atoms with Crippen molar-refractivity contribution in [2.24, 2.45) is 5.92 Å².